The van der Waals surface area contributed by atoms with Crippen molar-refractivity contribution in [2.24, 2.45) is 0 Å². The molecule has 0 spiro atoms. The molecule has 0 saturated carbocycles. The zero-order valence-corrected chi connectivity index (χ0v) is 19.1. The van der Waals surface area contributed by atoms with Gasteiger partial charge in [-0.1, -0.05) is 24.3 Å². The Hall–Kier alpha value is -3.20. The summed E-state index contributed by atoms with van der Waals surface area (Å²) >= 11 is 0. The van der Waals surface area contributed by atoms with Crippen molar-refractivity contribution in [3.8, 4) is 22.6 Å². The van der Waals surface area contributed by atoms with Gasteiger partial charge in [0.1, 0.15) is 11.5 Å². The fraction of sp³-hybridized carbons (Fsp3) is 0.286. The molecule has 3 aromatic carbocycles. The van der Waals surface area contributed by atoms with Crippen LogP contribution in [0.2, 0.25) is 0 Å². The van der Waals surface area contributed by atoms with Crippen molar-refractivity contribution in [2.75, 3.05) is 36.0 Å². The zero-order chi connectivity index (χ0) is 21.8. The maximum absolute atomic E-state index is 6.52. The molecule has 0 aliphatic heterocycles. The van der Waals surface area contributed by atoms with E-state index >= 15 is 0 Å². The highest BCUT2D eigenvalue weighted by molar-refractivity contribution is 6.02. The van der Waals surface area contributed by atoms with Crippen LogP contribution in [-0.2, 0) is 0 Å². The lowest BCUT2D eigenvalue weighted by molar-refractivity contribution is 0.602. The Kier molecular flexibility index (Phi) is 6.31. The SMILES string of the molecule is CCN(CC)c1ccc(-c2oc(-c3ccc(N(CC)CC)cc3)c3ccccc23)cc1. The molecule has 4 aromatic rings. The van der Waals surface area contributed by atoms with E-state index in [4.69, 9.17) is 4.42 Å². The zero-order valence-electron chi connectivity index (χ0n) is 19.1. The van der Waals surface area contributed by atoms with Gasteiger partial charge in [-0.2, -0.15) is 0 Å². The molecule has 0 aliphatic carbocycles. The first-order chi connectivity index (χ1) is 15.2. The van der Waals surface area contributed by atoms with E-state index in [0.717, 1.165) is 59.6 Å². The first-order valence-electron chi connectivity index (χ1n) is 11.4. The van der Waals surface area contributed by atoms with Crippen molar-refractivity contribution in [1.82, 2.24) is 0 Å². The van der Waals surface area contributed by atoms with E-state index in [1.807, 2.05) is 0 Å². The van der Waals surface area contributed by atoms with Crippen molar-refractivity contribution in [1.29, 1.82) is 0 Å². The van der Waals surface area contributed by atoms with Crippen LogP contribution in [0.3, 0.4) is 0 Å². The number of hydrogen-bond acceptors (Lipinski definition) is 3. The van der Waals surface area contributed by atoms with Gasteiger partial charge >= 0.3 is 0 Å². The molecule has 0 N–H and O–H groups in total. The van der Waals surface area contributed by atoms with Crippen LogP contribution in [0.15, 0.2) is 77.2 Å². The minimum atomic E-state index is 0.935. The second-order valence-corrected chi connectivity index (χ2v) is 7.74. The minimum Gasteiger partial charge on any atom is -0.455 e. The largest absolute Gasteiger partial charge is 0.455 e. The van der Waals surface area contributed by atoms with Gasteiger partial charge in [0.2, 0.25) is 0 Å². The predicted molar refractivity (Wildman–Crippen MR) is 134 cm³/mol. The predicted octanol–water partition coefficient (Wildman–Crippen LogP) is 7.46. The molecule has 160 valence electrons. The third kappa shape index (κ3) is 4.05. The van der Waals surface area contributed by atoms with E-state index in [0.29, 0.717) is 0 Å². The second kappa shape index (κ2) is 9.30. The lowest BCUT2D eigenvalue weighted by atomic mass is 10.0. The minimum absolute atomic E-state index is 0.935. The van der Waals surface area contributed by atoms with Gasteiger partial charge in [-0.15, -0.1) is 0 Å². The average molecular weight is 413 g/mol. The first kappa shape index (κ1) is 21.0. The van der Waals surface area contributed by atoms with Gasteiger partial charge in [-0.05, 0) is 76.2 Å². The maximum atomic E-state index is 6.52. The van der Waals surface area contributed by atoms with E-state index in [-0.39, 0.29) is 0 Å². The highest BCUT2D eigenvalue weighted by atomic mass is 16.3. The summed E-state index contributed by atoms with van der Waals surface area (Å²) in [7, 11) is 0. The van der Waals surface area contributed by atoms with E-state index < -0.39 is 0 Å². The van der Waals surface area contributed by atoms with Crippen LogP contribution < -0.4 is 9.80 Å². The van der Waals surface area contributed by atoms with Crippen LogP contribution in [-0.4, -0.2) is 26.2 Å². The Labute approximate surface area is 185 Å². The molecule has 0 unspecified atom stereocenters. The average Bonchev–Trinajstić information content (AvgIpc) is 3.21. The van der Waals surface area contributed by atoms with Crippen molar-refractivity contribution >= 4 is 22.1 Å². The van der Waals surface area contributed by atoms with Gasteiger partial charge in [0.15, 0.2) is 0 Å². The normalized spacial score (nSPS) is 11.1. The fourth-order valence-corrected chi connectivity index (χ4v) is 4.34. The Balaban J connectivity index is 1.75. The quantitative estimate of drug-likeness (QED) is 0.299. The smallest absolute Gasteiger partial charge is 0.142 e. The Bertz CT molecular complexity index is 1030. The van der Waals surface area contributed by atoms with Gasteiger partial charge in [-0.25, -0.2) is 0 Å². The molecule has 4 rings (SSSR count). The van der Waals surface area contributed by atoms with Gasteiger partial charge in [-0.3, -0.25) is 0 Å². The molecule has 0 amide bonds. The molecular weight excluding hydrogens is 380 g/mol. The summed E-state index contributed by atoms with van der Waals surface area (Å²) < 4.78 is 6.52. The third-order valence-electron chi connectivity index (χ3n) is 6.14. The molecule has 31 heavy (non-hydrogen) atoms. The highest BCUT2D eigenvalue weighted by Crippen LogP contribution is 2.39. The van der Waals surface area contributed by atoms with Gasteiger partial charge < -0.3 is 14.2 Å². The van der Waals surface area contributed by atoms with Gasteiger partial charge in [0.25, 0.3) is 0 Å². The molecular formula is C28H32N2O. The van der Waals surface area contributed by atoms with Crippen LogP contribution in [0.4, 0.5) is 11.4 Å². The molecule has 1 heterocycles. The molecule has 0 bridgehead atoms. The lowest BCUT2D eigenvalue weighted by Gasteiger charge is -2.21. The molecule has 0 aliphatic rings. The summed E-state index contributed by atoms with van der Waals surface area (Å²) in [5, 5.41) is 2.31. The van der Waals surface area contributed by atoms with Crippen molar-refractivity contribution in [3.63, 3.8) is 0 Å². The maximum Gasteiger partial charge on any atom is 0.142 e. The number of nitrogens with zero attached hydrogens (tertiary/aromatic N) is 2. The van der Waals surface area contributed by atoms with E-state index in [1.165, 1.54) is 11.4 Å². The Morgan fingerprint density at radius 3 is 1.19 bits per heavy atom. The molecule has 1 aromatic heterocycles. The van der Waals surface area contributed by atoms with Crippen LogP contribution in [0.25, 0.3) is 33.4 Å². The van der Waals surface area contributed by atoms with Crippen LogP contribution >= 0.6 is 0 Å². The first-order valence-corrected chi connectivity index (χ1v) is 11.4. The monoisotopic (exact) mass is 412 g/mol. The number of hydrogen-bond donors (Lipinski definition) is 0. The number of furan rings is 1. The standard InChI is InChI=1S/C28H32N2O/c1-5-29(6-2)23-17-13-21(14-18-23)27-25-11-9-10-12-26(25)28(31-27)22-15-19-24(20-16-22)30(7-3)8-4/h9-20H,5-8H2,1-4H3. The summed E-state index contributed by atoms with van der Waals surface area (Å²) in [6, 6.07) is 25.9. The summed E-state index contributed by atoms with van der Waals surface area (Å²) in [5.74, 6) is 1.87. The molecule has 0 fully saturated rings. The lowest BCUT2D eigenvalue weighted by Crippen LogP contribution is -2.21. The van der Waals surface area contributed by atoms with Gasteiger partial charge in [0, 0.05) is 59.5 Å². The molecule has 0 atom stereocenters. The molecule has 0 saturated heterocycles. The van der Waals surface area contributed by atoms with Gasteiger partial charge in [0.05, 0.1) is 0 Å². The van der Waals surface area contributed by atoms with E-state index in [1.54, 1.807) is 0 Å². The topological polar surface area (TPSA) is 19.6 Å². The molecule has 0 radical (unpaired) electrons. The summed E-state index contributed by atoms with van der Waals surface area (Å²) in [4.78, 5) is 4.71. The fourth-order valence-electron chi connectivity index (χ4n) is 4.34. The molecule has 3 nitrogen and oxygen atoms in total. The number of anilines is 2. The summed E-state index contributed by atoms with van der Waals surface area (Å²) in [6.07, 6.45) is 0. The Morgan fingerprint density at radius 1 is 0.516 bits per heavy atom. The van der Waals surface area contributed by atoms with E-state index in [2.05, 4.69) is 110 Å². The van der Waals surface area contributed by atoms with Crippen molar-refractivity contribution in [3.05, 3.63) is 72.8 Å². The third-order valence-corrected chi connectivity index (χ3v) is 6.14. The van der Waals surface area contributed by atoms with Crippen molar-refractivity contribution in [2.45, 2.75) is 27.7 Å². The summed E-state index contributed by atoms with van der Waals surface area (Å²) in [5.41, 5.74) is 4.71. The van der Waals surface area contributed by atoms with Crippen LogP contribution in [0.5, 0.6) is 0 Å². The van der Waals surface area contributed by atoms with Crippen molar-refractivity contribution < 1.29 is 4.42 Å². The van der Waals surface area contributed by atoms with Crippen LogP contribution in [0, 0.1) is 0 Å². The summed E-state index contributed by atoms with van der Waals surface area (Å²) in [6.45, 7) is 12.8. The highest BCUT2D eigenvalue weighted by Gasteiger charge is 2.16. The Morgan fingerprint density at radius 2 is 0.871 bits per heavy atom. The number of fused-ring (bicyclic) bond motifs is 1. The number of rotatable bonds is 8. The second-order valence-electron chi connectivity index (χ2n) is 7.74. The van der Waals surface area contributed by atoms with Crippen LogP contribution in [0.1, 0.15) is 27.7 Å². The number of benzene rings is 3. The van der Waals surface area contributed by atoms with E-state index in [9.17, 15) is 0 Å². The molecule has 3 heteroatoms.